The van der Waals surface area contributed by atoms with Crippen molar-refractivity contribution in [2.45, 2.75) is 31.8 Å². The highest BCUT2D eigenvalue weighted by Crippen LogP contribution is 2.23. The van der Waals surface area contributed by atoms with Crippen molar-refractivity contribution in [1.82, 2.24) is 0 Å². The van der Waals surface area contributed by atoms with Crippen LogP contribution in [0.1, 0.15) is 13.8 Å². The number of aliphatic hydroxyl groups is 1. The summed E-state index contributed by atoms with van der Waals surface area (Å²) in [7, 11) is 0. The number of rotatable bonds is 1. The Balaban J connectivity index is 2.50. The lowest BCUT2D eigenvalue weighted by Gasteiger charge is -2.17. The quantitative estimate of drug-likeness (QED) is 0.545. The molecular weight excluding hydrogens is 146 g/mol. The Morgan fingerprint density at radius 1 is 1.73 bits per heavy atom. The normalized spacial score (nSPS) is 31.3. The van der Waals surface area contributed by atoms with E-state index < -0.39 is 18.0 Å². The van der Waals surface area contributed by atoms with Crippen LogP contribution in [0.5, 0.6) is 0 Å². The molecule has 0 aromatic carbocycles. The van der Waals surface area contributed by atoms with Crippen LogP contribution in [-0.4, -0.2) is 29.7 Å². The predicted molar refractivity (Wildman–Crippen MR) is 36.5 cm³/mol. The van der Waals surface area contributed by atoms with Crippen molar-refractivity contribution in [3.05, 3.63) is 0 Å². The molecule has 1 aliphatic heterocycles. The third-order valence-electron chi connectivity index (χ3n) is 1.51. The van der Waals surface area contributed by atoms with E-state index >= 15 is 0 Å². The van der Waals surface area contributed by atoms with Crippen LogP contribution in [0.15, 0.2) is 0 Å². The summed E-state index contributed by atoms with van der Waals surface area (Å²) in [6.45, 7) is 3.77. The van der Waals surface area contributed by atoms with Gasteiger partial charge in [0.25, 0.3) is 0 Å². The van der Waals surface area contributed by atoms with Crippen molar-refractivity contribution in [2.75, 3.05) is 6.61 Å². The molecule has 1 aliphatic rings. The zero-order valence-corrected chi connectivity index (χ0v) is 6.57. The number of aliphatic hydroxyl groups excluding tert-OH is 1. The monoisotopic (exact) mass is 157 g/mol. The van der Waals surface area contributed by atoms with Crippen molar-refractivity contribution >= 4 is 0 Å². The summed E-state index contributed by atoms with van der Waals surface area (Å²) in [6, 6.07) is 1.70. The van der Waals surface area contributed by atoms with Gasteiger partial charge in [0, 0.05) is 0 Å². The Hall–Kier alpha value is -0.630. The van der Waals surface area contributed by atoms with Gasteiger partial charge >= 0.3 is 0 Å². The molecule has 2 atom stereocenters. The summed E-state index contributed by atoms with van der Waals surface area (Å²) in [4.78, 5) is 0. The zero-order chi connectivity index (χ0) is 8.48. The lowest BCUT2D eigenvalue weighted by molar-refractivity contribution is -0.146. The molecule has 0 spiro atoms. The lowest BCUT2D eigenvalue weighted by atomic mass is 10.2. The Morgan fingerprint density at radius 3 is 2.73 bits per heavy atom. The van der Waals surface area contributed by atoms with E-state index in [4.69, 9.17) is 19.8 Å². The number of hydrogen-bond donors (Lipinski definition) is 1. The molecule has 1 rings (SSSR count). The molecule has 0 bridgehead atoms. The lowest BCUT2D eigenvalue weighted by Crippen LogP contribution is -2.29. The Morgan fingerprint density at radius 2 is 2.36 bits per heavy atom. The van der Waals surface area contributed by atoms with E-state index in [1.54, 1.807) is 19.9 Å². The van der Waals surface area contributed by atoms with E-state index in [1.807, 2.05) is 0 Å². The van der Waals surface area contributed by atoms with Crippen LogP contribution in [0.2, 0.25) is 0 Å². The second-order valence-electron chi connectivity index (χ2n) is 2.94. The van der Waals surface area contributed by atoms with Gasteiger partial charge in [0.15, 0.2) is 11.9 Å². The maximum absolute atomic E-state index is 9.02. The van der Waals surface area contributed by atoms with Crippen LogP contribution >= 0.6 is 0 Å². The molecule has 1 fully saturated rings. The van der Waals surface area contributed by atoms with Crippen LogP contribution in [0.3, 0.4) is 0 Å². The van der Waals surface area contributed by atoms with Gasteiger partial charge < -0.3 is 14.6 Å². The van der Waals surface area contributed by atoms with Gasteiger partial charge in [-0.1, -0.05) is 0 Å². The van der Waals surface area contributed by atoms with E-state index in [2.05, 4.69) is 0 Å². The van der Waals surface area contributed by atoms with Gasteiger partial charge in [0.1, 0.15) is 6.10 Å². The SMILES string of the molecule is CC1(C)OC[C@H](C(O)C#N)O1. The molecule has 0 amide bonds. The van der Waals surface area contributed by atoms with E-state index in [0.717, 1.165) is 0 Å². The van der Waals surface area contributed by atoms with Crippen molar-refractivity contribution in [2.24, 2.45) is 0 Å². The molecule has 1 N–H and O–H groups in total. The smallest absolute Gasteiger partial charge is 0.168 e. The molecule has 1 heterocycles. The first-order valence-corrected chi connectivity index (χ1v) is 3.44. The van der Waals surface area contributed by atoms with E-state index in [-0.39, 0.29) is 6.61 Å². The molecular formula is C7H11NO3. The van der Waals surface area contributed by atoms with Crippen molar-refractivity contribution < 1.29 is 14.6 Å². The van der Waals surface area contributed by atoms with Crippen LogP contribution < -0.4 is 0 Å². The molecule has 1 unspecified atom stereocenters. The first kappa shape index (κ1) is 8.47. The van der Waals surface area contributed by atoms with E-state index in [9.17, 15) is 0 Å². The van der Waals surface area contributed by atoms with Gasteiger partial charge in [-0.2, -0.15) is 5.26 Å². The fourth-order valence-corrected chi connectivity index (χ4v) is 0.954. The first-order chi connectivity index (χ1) is 5.05. The number of hydrogen-bond acceptors (Lipinski definition) is 4. The molecule has 0 aliphatic carbocycles. The second-order valence-corrected chi connectivity index (χ2v) is 2.94. The fraction of sp³-hybridized carbons (Fsp3) is 0.857. The Bertz CT molecular complexity index is 185. The molecule has 0 aromatic heterocycles. The van der Waals surface area contributed by atoms with Gasteiger partial charge in [-0.25, -0.2) is 0 Å². The zero-order valence-electron chi connectivity index (χ0n) is 6.57. The van der Waals surface area contributed by atoms with Gasteiger partial charge in [0.05, 0.1) is 12.7 Å². The molecule has 62 valence electrons. The highest BCUT2D eigenvalue weighted by atomic mass is 16.7. The number of nitriles is 1. The summed E-state index contributed by atoms with van der Waals surface area (Å²) in [5, 5.41) is 17.4. The summed E-state index contributed by atoms with van der Waals surface area (Å²) in [6.07, 6.45) is -1.59. The summed E-state index contributed by atoms with van der Waals surface area (Å²) in [5.41, 5.74) is 0. The topological polar surface area (TPSA) is 62.5 Å². The highest BCUT2D eigenvalue weighted by molar-refractivity contribution is 4.91. The summed E-state index contributed by atoms with van der Waals surface area (Å²) < 4.78 is 10.3. The molecule has 11 heavy (non-hydrogen) atoms. The fourth-order valence-electron chi connectivity index (χ4n) is 0.954. The Kier molecular flexibility index (Phi) is 2.14. The average Bonchev–Trinajstić information content (AvgIpc) is 2.29. The summed E-state index contributed by atoms with van der Waals surface area (Å²) >= 11 is 0. The minimum atomic E-state index is -1.09. The molecule has 4 heteroatoms. The molecule has 0 saturated carbocycles. The molecule has 0 aromatic rings. The van der Waals surface area contributed by atoms with Crippen molar-refractivity contribution in [3.8, 4) is 6.07 Å². The number of nitrogens with zero attached hydrogens (tertiary/aromatic N) is 1. The van der Waals surface area contributed by atoms with Crippen LogP contribution in [0.25, 0.3) is 0 Å². The first-order valence-electron chi connectivity index (χ1n) is 3.44. The maximum Gasteiger partial charge on any atom is 0.168 e. The van der Waals surface area contributed by atoms with Gasteiger partial charge in [0.2, 0.25) is 0 Å². The molecule has 4 nitrogen and oxygen atoms in total. The maximum atomic E-state index is 9.02. The van der Waals surface area contributed by atoms with Gasteiger partial charge in [-0.05, 0) is 13.8 Å². The second kappa shape index (κ2) is 2.78. The minimum absolute atomic E-state index is 0.279. The van der Waals surface area contributed by atoms with E-state index in [0.29, 0.717) is 0 Å². The van der Waals surface area contributed by atoms with Crippen LogP contribution in [0.4, 0.5) is 0 Å². The summed E-state index contributed by atoms with van der Waals surface area (Å²) in [5.74, 6) is -0.664. The predicted octanol–water partition coefficient (Wildman–Crippen LogP) is 0.0224. The molecule has 1 saturated heterocycles. The average molecular weight is 157 g/mol. The van der Waals surface area contributed by atoms with Crippen molar-refractivity contribution in [3.63, 3.8) is 0 Å². The minimum Gasteiger partial charge on any atom is -0.375 e. The van der Waals surface area contributed by atoms with Crippen LogP contribution in [0, 0.1) is 11.3 Å². The van der Waals surface area contributed by atoms with Crippen LogP contribution in [-0.2, 0) is 9.47 Å². The highest BCUT2D eigenvalue weighted by Gasteiger charge is 2.36. The largest absolute Gasteiger partial charge is 0.375 e. The standard InChI is InChI=1S/C7H11NO3/c1-7(2)10-4-6(11-7)5(9)3-8/h5-6,9H,4H2,1-2H3/t5?,6-/m1/s1. The Labute approximate surface area is 65.3 Å². The van der Waals surface area contributed by atoms with Crippen molar-refractivity contribution in [1.29, 1.82) is 5.26 Å². The van der Waals surface area contributed by atoms with Gasteiger partial charge in [-0.3, -0.25) is 0 Å². The third-order valence-corrected chi connectivity index (χ3v) is 1.51. The number of ether oxygens (including phenoxy) is 2. The van der Waals surface area contributed by atoms with E-state index in [1.165, 1.54) is 0 Å². The van der Waals surface area contributed by atoms with Gasteiger partial charge in [-0.15, -0.1) is 0 Å². The third kappa shape index (κ3) is 1.90. The molecule has 0 radical (unpaired) electrons.